The monoisotopic (exact) mass is 444 g/mol. The van der Waals surface area contributed by atoms with Gasteiger partial charge in [-0.25, -0.2) is 4.98 Å². The number of hydrogen-bond acceptors (Lipinski definition) is 6. The van der Waals surface area contributed by atoms with Crippen LogP contribution < -0.4 is 34.9 Å². The van der Waals surface area contributed by atoms with Crippen molar-refractivity contribution in [3.8, 4) is 11.5 Å². The molecule has 1 aromatic heterocycles. The van der Waals surface area contributed by atoms with Crippen molar-refractivity contribution in [3.05, 3.63) is 77.2 Å². The molecule has 0 spiro atoms. The summed E-state index contributed by atoms with van der Waals surface area (Å²) in [7, 11) is 0. The quantitative estimate of drug-likeness (QED) is 0.439. The van der Waals surface area contributed by atoms with Gasteiger partial charge in [-0.15, -0.1) is 0 Å². The summed E-state index contributed by atoms with van der Waals surface area (Å²) >= 11 is 1.00. The Bertz CT molecular complexity index is 1100. The Morgan fingerprint density at radius 3 is 2.48 bits per heavy atom. The van der Waals surface area contributed by atoms with Crippen molar-refractivity contribution in [2.45, 2.75) is 31.4 Å². The van der Waals surface area contributed by atoms with E-state index in [4.69, 9.17) is 4.42 Å². The van der Waals surface area contributed by atoms with Gasteiger partial charge in [0.25, 0.3) is 5.24 Å². The Balaban J connectivity index is 0.00000181. The molecule has 0 bridgehead atoms. The zero-order valence-electron chi connectivity index (χ0n) is 18.4. The zero-order valence-corrected chi connectivity index (χ0v) is 20.2. The van der Waals surface area contributed by atoms with Crippen LogP contribution in [0.25, 0.3) is 11.5 Å². The molecule has 31 heavy (non-hydrogen) atoms. The van der Waals surface area contributed by atoms with Crippen LogP contribution in [0, 0.1) is 6.92 Å². The standard InChI is InChI=1S/C23H20N2O4S.Na.H/c1-14-18(24-22(29-14)17-5-3-2-4-6-17)11-12-19(26)16-9-7-15(8-10-16)13-20-21(27)25-23(28)30-20;;/h2-10,20H,11-13H2,1H3,(H,25,27,28);;/q;+1;-1. The van der Waals surface area contributed by atoms with Crippen molar-refractivity contribution < 1.29 is 49.8 Å². The van der Waals surface area contributed by atoms with Crippen molar-refractivity contribution in [1.29, 1.82) is 0 Å². The molecular weight excluding hydrogens is 423 g/mol. The molecular formula is C23H21N2NaO4S. The molecule has 2 heterocycles. The number of thioether (sulfide) groups is 1. The molecule has 2 amide bonds. The summed E-state index contributed by atoms with van der Waals surface area (Å²) in [6.07, 6.45) is 1.29. The number of hydrogen-bond donors (Lipinski definition) is 1. The fourth-order valence-corrected chi connectivity index (χ4v) is 4.17. The summed E-state index contributed by atoms with van der Waals surface area (Å²) in [4.78, 5) is 40.1. The van der Waals surface area contributed by atoms with Crippen LogP contribution in [0.15, 0.2) is 59.0 Å². The number of nitrogens with one attached hydrogen (secondary N) is 1. The number of ketones is 1. The largest absolute Gasteiger partial charge is 1.00 e. The normalized spacial score (nSPS) is 15.5. The second kappa shape index (κ2) is 10.4. The number of rotatable bonds is 7. The molecule has 1 aliphatic rings. The van der Waals surface area contributed by atoms with E-state index >= 15 is 0 Å². The summed E-state index contributed by atoms with van der Waals surface area (Å²) in [6.45, 7) is 1.86. The second-order valence-electron chi connectivity index (χ2n) is 7.10. The molecule has 8 heteroatoms. The van der Waals surface area contributed by atoms with Crippen LogP contribution in [0.1, 0.15) is 35.2 Å². The second-order valence-corrected chi connectivity index (χ2v) is 8.27. The van der Waals surface area contributed by atoms with Crippen LogP contribution in [-0.2, 0) is 17.6 Å². The smallest absolute Gasteiger partial charge is 1.00 e. The number of aryl methyl sites for hydroxylation is 2. The molecule has 154 valence electrons. The number of Topliss-reactive ketones (excluding diaryl/α,β-unsaturated/α-hetero) is 1. The van der Waals surface area contributed by atoms with E-state index in [2.05, 4.69) is 10.3 Å². The summed E-state index contributed by atoms with van der Waals surface area (Å²) in [6, 6.07) is 16.9. The molecule has 6 nitrogen and oxygen atoms in total. The number of benzene rings is 2. The van der Waals surface area contributed by atoms with Gasteiger partial charge in [0.2, 0.25) is 11.8 Å². The summed E-state index contributed by atoms with van der Waals surface area (Å²) < 4.78 is 5.75. The first kappa shape index (κ1) is 23.5. The van der Waals surface area contributed by atoms with Gasteiger partial charge in [-0.1, -0.05) is 54.2 Å². The van der Waals surface area contributed by atoms with E-state index in [1.807, 2.05) is 49.4 Å². The van der Waals surface area contributed by atoms with Crippen molar-refractivity contribution >= 4 is 28.7 Å². The molecule has 1 unspecified atom stereocenters. The minimum absolute atomic E-state index is 0. The molecule has 4 rings (SSSR count). The van der Waals surface area contributed by atoms with Crippen LogP contribution in [0.3, 0.4) is 0 Å². The molecule has 0 radical (unpaired) electrons. The molecule has 0 aliphatic carbocycles. The molecule has 2 aromatic carbocycles. The first-order chi connectivity index (χ1) is 14.5. The minimum atomic E-state index is -0.409. The van der Waals surface area contributed by atoms with E-state index < -0.39 is 5.25 Å². The Labute approximate surface area is 208 Å². The average molecular weight is 444 g/mol. The van der Waals surface area contributed by atoms with Crippen LogP contribution in [0.2, 0.25) is 0 Å². The number of nitrogens with zero attached hydrogens (tertiary/aromatic N) is 1. The zero-order chi connectivity index (χ0) is 21.1. The first-order valence-corrected chi connectivity index (χ1v) is 10.5. The number of imide groups is 1. The number of carbonyl (C=O) groups is 3. The maximum atomic E-state index is 12.6. The third-order valence-corrected chi connectivity index (χ3v) is 5.95. The summed E-state index contributed by atoms with van der Waals surface area (Å²) in [5, 5.41) is 1.56. The minimum Gasteiger partial charge on any atom is -1.00 e. The topological polar surface area (TPSA) is 89.3 Å². The maximum absolute atomic E-state index is 12.6. The number of amides is 2. The maximum Gasteiger partial charge on any atom is 1.00 e. The molecule has 1 N–H and O–H groups in total. The van der Waals surface area contributed by atoms with Crippen molar-refractivity contribution in [2.24, 2.45) is 0 Å². The molecule has 1 saturated heterocycles. The average Bonchev–Trinajstić information content (AvgIpc) is 3.28. The van der Waals surface area contributed by atoms with Gasteiger partial charge in [0.15, 0.2) is 5.78 Å². The van der Waals surface area contributed by atoms with E-state index in [-0.39, 0.29) is 47.9 Å². The SMILES string of the molecule is Cc1oc(-c2ccccc2)nc1CCC(=O)c1ccc(CC2SC(=O)NC2=O)cc1.[H-].[Na+]. The summed E-state index contributed by atoms with van der Waals surface area (Å²) in [5.74, 6) is 1.04. The van der Waals surface area contributed by atoms with Gasteiger partial charge in [-0.05, 0) is 31.0 Å². The van der Waals surface area contributed by atoms with E-state index in [1.165, 1.54) is 0 Å². The van der Waals surface area contributed by atoms with Gasteiger partial charge in [0, 0.05) is 24.0 Å². The molecule has 3 aromatic rings. The number of aromatic nitrogens is 1. The van der Waals surface area contributed by atoms with Crippen molar-refractivity contribution in [2.75, 3.05) is 0 Å². The van der Waals surface area contributed by atoms with Crippen LogP contribution in [-0.4, -0.2) is 27.2 Å². The predicted octanol–water partition coefficient (Wildman–Crippen LogP) is 1.48. The fraction of sp³-hybridized carbons (Fsp3) is 0.217. The Kier molecular flexibility index (Phi) is 7.89. The van der Waals surface area contributed by atoms with Gasteiger partial charge >= 0.3 is 29.6 Å². The van der Waals surface area contributed by atoms with E-state index in [1.54, 1.807) is 12.1 Å². The van der Waals surface area contributed by atoms with Gasteiger partial charge in [0.05, 0.1) is 10.9 Å². The molecule has 0 saturated carbocycles. The Morgan fingerprint density at radius 1 is 1.13 bits per heavy atom. The van der Waals surface area contributed by atoms with Gasteiger partial charge in [0.1, 0.15) is 5.76 Å². The third-order valence-electron chi connectivity index (χ3n) is 4.97. The van der Waals surface area contributed by atoms with Gasteiger partial charge < -0.3 is 5.84 Å². The van der Waals surface area contributed by atoms with Crippen molar-refractivity contribution in [3.63, 3.8) is 0 Å². The van der Waals surface area contributed by atoms with E-state index in [9.17, 15) is 14.4 Å². The fourth-order valence-electron chi connectivity index (χ4n) is 3.31. The summed E-state index contributed by atoms with van der Waals surface area (Å²) in [5.41, 5.74) is 3.22. The van der Waals surface area contributed by atoms with E-state index in [0.717, 1.165) is 34.3 Å². The van der Waals surface area contributed by atoms with Gasteiger partial charge in [-0.3, -0.25) is 19.7 Å². The Morgan fingerprint density at radius 2 is 1.84 bits per heavy atom. The number of oxazole rings is 1. The molecule has 1 aliphatic heterocycles. The first-order valence-electron chi connectivity index (χ1n) is 9.65. The number of carbonyl (C=O) groups excluding carboxylic acids is 3. The van der Waals surface area contributed by atoms with E-state index in [0.29, 0.717) is 30.7 Å². The predicted molar refractivity (Wildman–Crippen MR) is 116 cm³/mol. The van der Waals surface area contributed by atoms with Gasteiger partial charge in [-0.2, -0.15) is 0 Å². The molecule has 1 fully saturated rings. The third kappa shape index (κ3) is 5.74. The van der Waals surface area contributed by atoms with Crippen LogP contribution in [0.4, 0.5) is 4.79 Å². The molecule has 1 atom stereocenters. The van der Waals surface area contributed by atoms with Crippen LogP contribution in [0.5, 0.6) is 0 Å². The Hall–Kier alpha value is -2.19. The van der Waals surface area contributed by atoms with Crippen molar-refractivity contribution in [1.82, 2.24) is 10.3 Å². The van der Waals surface area contributed by atoms with Crippen LogP contribution >= 0.6 is 11.8 Å².